The Bertz CT molecular complexity index is 327. The normalized spacial score (nSPS) is 9.47. The van der Waals surface area contributed by atoms with Crippen LogP contribution in [-0.4, -0.2) is 45.3 Å². The Morgan fingerprint density at radius 3 is 2.32 bits per heavy atom. The number of para-hydroxylation sites is 2. The minimum atomic E-state index is 0. The minimum absolute atomic E-state index is 0. The molecule has 19 heavy (non-hydrogen) atoms. The second kappa shape index (κ2) is 12.4. The van der Waals surface area contributed by atoms with Crippen molar-refractivity contribution in [2.24, 2.45) is 5.73 Å². The van der Waals surface area contributed by atoms with Crippen LogP contribution < -0.4 is 15.2 Å². The lowest BCUT2D eigenvalue weighted by atomic mass is 10.3. The summed E-state index contributed by atoms with van der Waals surface area (Å²) in [6.07, 6.45) is 1.02. The Balaban J connectivity index is 0. The van der Waals surface area contributed by atoms with Crippen molar-refractivity contribution in [2.75, 3.05) is 40.4 Å². The van der Waals surface area contributed by atoms with Gasteiger partial charge >= 0.3 is 0 Å². The fourth-order valence-corrected chi connectivity index (χ4v) is 1.52. The van der Waals surface area contributed by atoms with Gasteiger partial charge in [-0.25, -0.2) is 0 Å². The summed E-state index contributed by atoms with van der Waals surface area (Å²) in [5, 5.41) is 0. The van der Waals surface area contributed by atoms with Crippen molar-refractivity contribution in [3.63, 3.8) is 0 Å². The Morgan fingerprint density at radius 1 is 1.11 bits per heavy atom. The van der Waals surface area contributed by atoms with Gasteiger partial charge in [0.15, 0.2) is 11.5 Å². The molecule has 0 unspecified atom stereocenters. The molecule has 0 aliphatic rings. The number of methoxy groups -OCH3 is 1. The van der Waals surface area contributed by atoms with E-state index in [2.05, 4.69) is 11.9 Å². The number of nitrogens with zero attached hydrogens (tertiary/aromatic N) is 1. The third-order valence-corrected chi connectivity index (χ3v) is 2.54. The van der Waals surface area contributed by atoms with Crippen LogP contribution in [0, 0.1) is 0 Å². The second-order valence-corrected chi connectivity index (χ2v) is 3.94. The minimum Gasteiger partial charge on any atom is -0.493 e. The molecule has 0 aliphatic heterocycles. The summed E-state index contributed by atoms with van der Waals surface area (Å²) in [4.78, 5) is 2.21. The predicted molar refractivity (Wildman–Crippen MR) is 84.2 cm³/mol. The van der Waals surface area contributed by atoms with Crippen molar-refractivity contribution < 1.29 is 9.47 Å². The first-order chi connectivity index (χ1) is 8.27. The molecule has 4 nitrogen and oxygen atoms in total. The molecule has 6 heteroatoms. The van der Waals surface area contributed by atoms with Crippen LogP contribution in [0.1, 0.15) is 6.42 Å². The molecule has 0 radical (unpaired) electrons. The van der Waals surface area contributed by atoms with Crippen LogP contribution in [0.25, 0.3) is 0 Å². The molecule has 112 valence electrons. The van der Waals surface area contributed by atoms with Crippen molar-refractivity contribution in [3.05, 3.63) is 24.3 Å². The van der Waals surface area contributed by atoms with Crippen LogP contribution in [0.2, 0.25) is 0 Å². The van der Waals surface area contributed by atoms with E-state index in [-0.39, 0.29) is 24.8 Å². The van der Waals surface area contributed by atoms with E-state index in [0.717, 1.165) is 37.6 Å². The number of halogens is 2. The molecule has 0 bridgehead atoms. The highest BCUT2D eigenvalue weighted by molar-refractivity contribution is 5.85. The first-order valence-corrected chi connectivity index (χ1v) is 5.92. The number of hydrogen-bond acceptors (Lipinski definition) is 4. The van der Waals surface area contributed by atoms with Gasteiger partial charge in [0, 0.05) is 6.54 Å². The van der Waals surface area contributed by atoms with Gasteiger partial charge in [0.2, 0.25) is 0 Å². The number of benzene rings is 1. The Labute approximate surface area is 128 Å². The fraction of sp³-hybridized carbons (Fsp3) is 0.538. The van der Waals surface area contributed by atoms with Crippen LogP contribution in [0.3, 0.4) is 0 Å². The van der Waals surface area contributed by atoms with Gasteiger partial charge in [0.1, 0.15) is 6.61 Å². The maximum atomic E-state index is 5.68. The Hall–Kier alpha value is -0.680. The van der Waals surface area contributed by atoms with Crippen molar-refractivity contribution in [3.8, 4) is 11.5 Å². The molecule has 0 aromatic heterocycles. The molecule has 0 saturated heterocycles. The average Bonchev–Trinajstić information content (AvgIpc) is 2.37. The summed E-state index contributed by atoms with van der Waals surface area (Å²) in [6.45, 7) is 3.28. The molecule has 1 rings (SSSR count). The van der Waals surface area contributed by atoms with Crippen LogP contribution in [0.5, 0.6) is 11.5 Å². The van der Waals surface area contributed by atoms with E-state index < -0.39 is 0 Å². The van der Waals surface area contributed by atoms with Crippen LogP contribution in [-0.2, 0) is 0 Å². The summed E-state index contributed by atoms with van der Waals surface area (Å²) < 4.78 is 10.9. The smallest absolute Gasteiger partial charge is 0.161 e. The molecule has 0 heterocycles. The van der Waals surface area contributed by atoms with Gasteiger partial charge in [-0.05, 0) is 38.7 Å². The summed E-state index contributed by atoms with van der Waals surface area (Å²) in [6, 6.07) is 7.68. The fourth-order valence-electron chi connectivity index (χ4n) is 1.52. The van der Waals surface area contributed by atoms with E-state index in [1.807, 2.05) is 24.3 Å². The van der Waals surface area contributed by atoms with E-state index >= 15 is 0 Å². The van der Waals surface area contributed by atoms with Gasteiger partial charge in [-0.15, -0.1) is 24.8 Å². The van der Waals surface area contributed by atoms with E-state index in [4.69, 9.17) is 15.2 Å². The summed E-state index contributed by atoms with van der Waals surface area (Å²) in [5.74, 6) is 1.57. The zero-order valence-electron chi connectivity index (χ0n) is 11.5. The summed E-state index contributed by atoms with van der Waals surface area (Å²) >= 11 is 0. The average molecular weight is 311 g/mol. The molecule has 0 saturated carbocycles. The first kappa shape index (κ1) is 20.6. The third-order valence-electron chi connectivity index (χ3n) is 2.54. The Kier molecular flexibility index (Phi) is 13.4. The largest absolute Gasteiger partial charge is 0.493 e. The standard InChI is InChI=1S/C13H22N2O2.2ClH/c1-15(9-5-8-14)10-11-17-13-7-4-3-6-12(13)16-2;;/h3-4,6-7H,5,8-11,14H2,1-2H3;2*1H. The highest BCUT2D eigenvalue weighted by atomic mass is 35.5. The van der Waals surface area contributed by atoms with Gasteiger partial charge in [0.05, 0.1) is 7.11 Å². The van der Waals surface area contributed by atoms with Crippen LogP contribution in [0.15, 0.2) is 24.3 Å². The molecule has 0 aliphatic carbocycles. The monoisotopic (exact) mass is 310 g/mol. The molecular weight excluding hydrogens is 287 g/mol. The number of ether oxygens (including phenoxy) is 2. The number of rotatable bonds is 8. The molecule has 0 fully saturated rings. The lowest BCUT2D eigenvalue weighted by Gasteiger charge is -2.17. The van der Waals surface area contributed by atoms with Gasteiger partial charge in [-0.3, -0.25) is 0 Å². The van der Waals surface area contributed by atoms with E-state index in [1.165, 1.54) is 0 Å². The predicted octanol–water partition coefficient (Wildman–Crippen LogP) is 2.20. The van der Waals surface area contributed by atoms with Crippen molar-refractivity contribution >= 4 is 24.8 Å². The zero-order valence-corrected chi connectivity index (χ0v) is 13.1. The zero-order chi connectivity index (χ0) is 12.5. The number of likely N-dealkylation sites (N-methyl/N-ethyl adjacent to an activating group) is 1. The Morgan fingerprint density at radius 2 is 1.74 bits per heavy atom. The van der Waals surface area contributed by atoms with Gasteiger partial charge in [0.25, 0.3) is 0 Å². The summed E-state index contributed by atoms with van der Waals surface area (Å²) in [7, 11) is 3.72. The van der Waals surface area contributed by atoms with Gasteiger partial charge < -0.3 is 20.1 Å². The molecule has 1 aromatic carbocycles. The maximum absolute atomic E-state index is 5.68. The van der Waals surface area contributed by atoms with Crippen molar-refractivity contribution in [1.82, 2.24) is 4.90 Å². The second-order valence-electron chi connectivity index (χ2n) is 3.94. The SMILES string of the molecule is COc1ccccc1OCCN(C)CCCN.Cl.Cl. The van der Waals surface area contributed by atoms with E-state index in [1.54, 1.807) is 7.11 Å². The lowest BCUT2D eigenvalue weighted by Crippen LogP contribution is -2.26. The quantitative estimate of drug-likeness (QED) is 0.799. The van der Waals surface area contributed by atoms with Crippen LogP contribution >= 0.6 is 24.8 Å². The third kappa shape index (κ3) is 8.16. The highest BCUT2D eigenvalue weighted by Gasteiger charge is 2.03. The molecule has 0 atom stereocenters. The lowest BCUT2D eigenvalue weighted by molar-refractivity contribution is 0.229. The molecule has 0 spiro atoms. The number of hydrogen-bond donors (Lipinski definition) is 1. The van der Waals surface area contributed by atoms with E-state index in [0.29, 0.717) is 6.61 Å². The molecule has 0 amide bonds. The first-order valence-electron chi connectivity index (χ1n) is 5.92. The van der Waals surface area contributed by atoms with Gasteiger partial charge in [-0.1, -0.05) is 12.1 Å². The highest BCUT2D eigenvalue weighted by Crippen LogP contribution is 2.25. The maximum Gasteiger partial charge on any atom is 0.161 e. The number of nitrogens with two attached hydrogens (primary N) is 1. The molecule has 1 aromatic rings. The van der Waals surface area contributed by atoms with Crippen molar-refractivity contribution in [2.45, 2.75) is 6.42 Å². The molecular formula is C13H24Cl2N2O2. The molecule has 2 N–H and O–H groups in total. The van der Waals surface area contributed by atoms with Gasteiger partial charge in [-0.2, -0.15) is 0 Å². The summed E-state index contributed by atoms with van der Waals surface area (Å²) in [5.41, 5.74) is 5.46. The van der Waals surface area contributed by atoms with Crippen molar-refractivity contribution in [1.29, 1.82) is 0 Å². The van der Waals surface area contributed by atoms with Crippen LogP contribution in [0.4, 0.5) is 0 Å². The van der Waals surface area contributed by atoms with E-state index in [9.17, 15) is 0 Å². The topological polar surface area (TPSA) is 47.7 Å².